The van der Waals surface area contributed by atoms with Crippen molar-refractivity contribution in [1.82, 2.24) is 0 Å². The molecule has 0 atom stereocenters. The van der Waals surface area contributed by atoms with E-state index in [1.165, 1.54) is 11.6 Å². The largest absolute Gasteiger partial charge is 0.508 e. The Bertz CT molecular complexity index is 338. The van der Waals surface area contributed by atoms with Gasteiger partial charge >= 0.3 is 0 Å². The van der Waals surface area contributed by atoms with E-state index in [4.69, 9.17) is 0 Å². The average Bonchev–Trinajstić information content (AvgIpc) is 2.01. The first kappa shape index (κ1) is 10.6. The molecular formula is C12H16O2. The predicted octanol–water partition coefficient (Wildman–Crippen LogP) is 2.91. The maximum absolute atomic E-state index is 9.60. The number of phenolic OH excluding ortho intramolecular Hbond substituents is 2. The summed E-state index contributed by atoms with van der Waals surface area (Å²) in [5.41, 5.74) is 3.01. The van der Waals surface area contributed by atoms with E-state index in [2.05, 4.69) is 6.08 Å². The van der Waals surface area contributed by atoms with Crippen LogP contribution in [0.25, 0.3) is 0 Å². The fourth-order valence-corrected chi connectivity index (χ4v) is 1.35. The molecule has 1 aromatic carbocycles. The van der Waals surface area contributed by atoms with Crippen LogP contribution >= 0.6 is 0 Å². The Morgan fingerprint density at radius 2 is 1.93 bits per heavy atom. The molecule has 0 aromatic heterocycles. The Labute approximate surface area is 84.5 Å². The van der Waals surface area contributed by atoms with Gasteiger partial charge in [0.1, 0.15) is 11.5 Å². The number of aryl methyl sites for hydroxylation is 1. The minimum Gasteiger partial charge on any atom is -0.508 e. The van der Waals surface area contributed by atoms with Crippen LogP contribution in [0.5, 0.6) is 11.5 Å². The number of allylic oxidation sites excluding steroid dienone is 2. The summed E-state index contributed by atoms with van der Waals surface area (Å²) in [4.78, 5) is 0. The third-order valence-corrected chi connectivity index (χ3v) is 2.15. The van der Waals surface area contributed by atoms with Crippen LogP contribution in [0.3, 0.4) is 0 Å². The van der Waals surface area contributed by atoms with Gasteiger partial charge in [-0.25, -0.2) is 0 Å². The van der Waals surface area contributed by atoms with Crippen LogP contribution in [-0.4, -0.2) is 10.2 Å². The number of hydrogen-bond acceptors (Lipinski definition) is 2. The second-order valence-electron chi connectivity index (χ2n) is 3.75. The molecule has 1 rings (SSSR count). The Balaban J connectivity index is 3.03. The van der Waals surface area contributed by atoms with Crippen molar-refractivity contribution in [2.24, 2.45) is 0 Å². The number of aromatic hydroxyl groups is 2. The van der Waals surface area contributed by atoms with Crippen LogP contribution < -0.4 is 0 Å². The summed E-state index contributed by atoms with van der Waals surface area (Å²) in [6.45, 7) is 5.92. The van der Waals surface area contributed by atoms with Gasteiger partial charge in [-0.3, -0.25) is 0 Å². The van der Waals surface area contributed by atoms with E-state index in [9.17, 15) is 10.2 Å². The summed E-state index contributed by atoms with van der Waals surface area (Å²) in [7, 11) is 0. The second-order valence-corrected chi connectivity index (χ2v) is 3.75. The van der Waals surface area contributed by atoms with Crippen LogP contribution in [0, 0.1) is 6.92 Å². The van der Waals surface area contributed by atoms with E-state index in [0.29, 0.717) is 6.42 Å². The highest BCUT2D eigenvalue weighted by atomic mass is 16.3. The summed E-state index contributed by atoms with van der Waals surface area (Å²) in [5, 5.41) is 18.8. The van der Waals surface area contributed by atoms with Gasteiger partial charge in [0.05, 0.1) is 0 Å². The lowest BCUT2D eigenvalue weighted by atomic mass is 10.0. The molecule has 0 fully saturated rings. The first-order valence-corrected chi connectivity index (χ1v) is 4.65. The fraction of sp³-hybridized carbons (Fsp3) is 0.333. The topological polar surface area (TPSA) is 40.5 Å². The van der Waals surface area contributed by atoms with Gasteiger partial charge < -0.3 is 10.2 Å². The number of rotatable bonds is 2. The third kappa shape index (κ3) is 2.52. The first-order chi connectivity index (χ1) is 6.50. The number of phenols is 2. The molecule has 0 aliphatic rings. The molecule has 2 nitrogen and oxygen atoms in total. The standard InChI is InChI=1S/C12H16O2/c1-8(2)4-5-11-9(3)6-10(13)7-12(11)14/h4,6-7,13-14H,5H2,1-3H3. The third-order valence-electron chi connectivity index (χ3n) is 2.15. The molecular weight excluding hydrogens is 176 g/mol. The lowest BCUT2D eigenvalue weighted by Crippen LogP contribution is -1.88. The summed E-state index contributed by atoms with van der Waals surface area (Å²) in [6.07, 6.45) is 2.76. The fourth-order valence-electron chi connectivity index (χ4n) is 1.35. The van der Waals surface area contributed by atoms with E-state index in [1.807, 2.05) is 20.8 Å². The van der Waals surface area contributed by atoms with Crippen molar-refractivity contribution in [2.45, 2.75) is 27.2 Å². The molecule has 76 valence electrons. The molecule has 0 saturated heterocycles. The zero-order valence-corrected chi connectivity index (χ0v) is 8.83. The van der Waals surface area contributed by atoms with Crippen molar-refractivity contribution in [3.63, 3.8) is 0 Å². The molecule has 0 spiro atoms. The highest BCUT2D eigenvalue weighted by Gasteiger charge is 2.05. The van der Waals surface area contributed by atoms with Gasteiger partial charge in [0.2, 0.25) is 0 Å². The van der Waals surface area contributed by atoms with E-state index in [1.54, 1.807) is 6.07 Å². The van der Waals surface area contributed by atoms with Gasteiger partial charge in [-0.05, 0) is 38.8 Å². The summed E-state index contributed by atoms with van der Waals surface area (Å²) < 4.78 is 0. The monoisotopic (exact) mass is 192 g/mol. The minimum absolute atomic E-state index is 0.112. The number of hydrogen-bond donors (Lipinski definition) is 2. The van der Waals surface area contributed by atoms with Crippen molar-refractivity contribution in [2.75, 3.05) is 0 Å². The normalized spacial score (nSPS) is 9.93. The van der Waals surface area contributed by atoms with Crippen molar-refractivity contribution >= 4 is 0 Å². The Kier molecular flexibility index (Phi) is 3.18. The van der Waals surface area contributed by atoms with Gasteiger partial charge in [0, 0.05) is 11.6 Å². The molecule has 2 heteroatoms. The van der Waals surface area contributed by atoms with Crippen LogP contribution in [0.1, 0.15) is 25.0 Å². The Morgan fingerprint density at radius 1 is 1.29 bits per heavy atom. The molecule has 0 aliphatic carbocycles. The summed E-state index contributed by atoms with van der Waals surface area (Å²) in [6, 6.07) is 3.04. The van der Waals surface area contributed by atoms with E-state index < -0.39 is 0 Å². The lowest BCUT2D eigenvalue weighted by Gasteiger charge is -2.07. The van der Waals surface area contributed by atoms with Crippen LogP contribution in [0.4, 0.5) is 0 Å². The zero-order valence-electron chi connectivity index (χ0n) is 8.83. The molecule has 14 heavy (non-hydrogen) atoms. The molecule has 0 unspecified atom stereocenters. The molecule has 0 amide bonds. The van der Waals surface area contributed by atoms with E-state index in [0.717, 1.165) is 11.1 Å². The summed E-state index contributed by atoms with van der Waals surface area (Å²) >= 11 is 0. The maximum atomic E-state index is 9.60. The van der Waals surface area contributed by atoms with Gasteiger partial charge in [-0.2, -0.15) is 0 Å². The zero-order chi connectivity index (χ0) is 10.7. The van der Waals surface area contributed by atoms with Crippen molar-refractivity contribution in [3.8, 4) is 11.5 Å². The summed E-state index contributed by atoms with van der Waals surface area (Å²) in [5.74, 6) is 0.279. The highest BCUT2D eigenvalue weighted by molar-refractivity contribution is 5.45. The molecule has 0 bridgehead atoms. The van der Waals surface area contributed by atoms with Crippen molar-refractivity contribution in [1.29, 1.82) is 0 Å². The molecule has 0 radical (unpaired) electrons. The van der Waals surface area contributed by atoms with Crippen LogP contribution in [0.15, 0.2) is 23.8 Å². The Hall–Kier alpha value is -1.44. The van der Waals surface area contributed by atoms with Gasteiger partial charge in [-0.15, -0.1) is 0 Å². The second kappa shape index (κ2) is 4.18. The van der Waals surface area contributed by atoms with Crippen LogP contribution in [0.2, 0.25) is 0 Å². The SMILES string of the molecule is CC(C)=CCc1c(C)cc(O)cc1O. The predicted molar refractivity (Wildman–Crippen MR) is 57.6 cm³/mol. The highest BCUT2D eigenvalue weighted by Crippen LogP contribution is 2.27. The minimum atomic E-state index is 0.112. The van der Waals surface area contributed by atoms with Crippen LogP contribution in [-0.2, 0) is 6.42 Å². The molecule has 0 heterocycles. The number of benzene rings is 1. The Morgan fingerprint density at radius 3 is 2.43 bits per heavy atom. The average molecular weight is 192 g/mol. The molecule has 1 aromatic rings. The molecule has 0 aliphatic heterocycles. The smallest absolute Gasteiger partial charge is 0.123 e. The van der Waals surface area contributed by atoms with Gasteiger partial charge in [0.25, 0.3) is 0 Å². The first-order valence-electron chi connectivity index (χ1n) is 4.65. The molecule has 2 N–H and O–H groups in total. The van der Waals surface area contributed by atoms with E-state index >= 15 is 0 Å². The van der Waals surface area contributed by atoms with Crippen molar-refractivity contribution in [3.05, 3.63) is 34.9 Å². The lowest BCUT2D eigenvalue weighted by molar-refractivity contribution is 0.446. The van der Waals surface area contributed by atoms with E-state index in [-0.39, 0.29) is 11.5 Å². The van der Waals surface area contributed by atoms with Gasteiger partial charge in [-0.1, -0.05) is 11.6 Å². The van der Waals surface area contributed by atoms with Gasteiger partial charge in [0.15, 0.2) is 0 Å². The molecule has 0 saturated carbocycles. The maximum Gasteiger partial charge on any atom is 0.123 e. The quantitative estimate of drug-likeness (QED) is 0.707. The van der Waals surface area contributed by atoms with Crippen molar-refractivity contribution < 1.29 is 10.2 Å².